The van der Waals surface area contributed by atoms with Crippen LogP contribution in [0.1, 0.15) is 12.8 Å². The Hall–Kier alpha value is -3.00. The Balaban J connectivity index is 1.57. The minimum absolute atomic E-state index is 0.151. The van der Waals surface area contributed by atoms with Gasteiger partial charge < -0.3 is 9.84 Å². The molecular formula is C17H14ClN5O3. The molecule has 1 N–H and O–H groups in total. The number of rotatable bonds is 5. The van der Waals surface area contributed by atoms with Crippen LogP contribution in [0.2, 0.25) is 5.02 Å². The monoisotopic (exact) mass is 371 g/mol. The number of halogens is 1. The third-order valence-electron chi connectivity index (χ3n) is 3.85. The van der Waals surface area contributed by atoms with Gasteiger partial charge in [-0.2, -0.15) is 10.1 Å². The van der Waals surface area contributed by atoms with Crippen molar-refractivity contribution < 1.29 is 9.32 Å². The topological polar surface area (TPSA) is 103 Å². The maximum absolute atomic E-state index is 11.9. The van der Waals surface area contributed by atoms with E-state index in [1.165, 1.54) is 12.1 Å². The molecule has 1 aliphatic rings. The SMILES string of the molecule is O=C(Cn1nc(-c2nc(-c3ccc(Cl)cc3)no2)ccc1=O)NC1CC1. The molecule has 2 heterocycles. The number of benzene rings is 1. The Morgan fingerprint density at radius 3 is 2.73 bits per heavy atom. The summed E-state index contributed by atoms with van der Waals surface area (Å²) in [5, 5.41) is 11.5. The van der Waals surface area contributed by atoms with Crippen LogP contribution >= 0.6 is 11.6 Å². The van der Waals surface area contributed by atoms with Gasteiger partial charge in [0.1, 0.15) is 12.2 Å². The van der Waals surface area contributed by atoms with Crippen LogP contribution in [0.3, 0.4) is 0 Å². The minimum Gasteiger partial charge on any atom is -0.352 e. The van der Waals surface area contributed by atoms with Gasteiger partial charge in [0.25, 0.3) is 11.4 Å². The third-order valence-corrected chi connectivity index (χ3v) is 4.10. The lowest BCUT2D eigenvalue weighted by atomic mass is 10.2. The quantitative estimate of drug-likeness (QED) is 0.734. The Bertz CT molecular complexity index is 1010. The second-order valence-corrected chi connectivity index (χ2v) is 6.42. The van der Waals surface area contributed by atoms with Gasteiger partial charge in [-0.1, -0.05) is 16.8 Å². The maximum Gasteiger partial charge on any atom is 0.278 e. The second kappa shape index (κ2) is 6.72. The molecule has 26 heavy (non-hydrogen) atoms. The number of amides is 1. The average molecular weight is 372 g/mol. The van der Waals surface area contributed by atoms with E-state index in [0.717, 1.165) is 23.1 Å². The standard InChI is InChI=1S/C17H14ClN5O3/c18-11-3-1-10(2-4-11)16-20-17(26-22-16)13-7-8-15(25)23(21-13)9-14(24)19-12-5-6-12/h1-4,7-8,12H,5-6,9H2,(H,19,24). The van der Waals surface area contributed by atoms with Crippen molar-refractivity contribution in [2.75, 3.05) is 0 Å². The summed E-state index contributed by atoms with van der Waals surface area (Å²) >= 11 is 5.87. The van der Waals surface area contributed by atoms with E-state index in [-0.39, 0.29) is 29.9 Å². The van der Waals surface area contributed by atoms with Crippen LogP contribution < -0.4 is 10.9 Å². The predicted octanol–water partition coefficient (Wildman–Crippen LogP) is 1.89. The fourth-order valence-corrected chi connectivity index (χ4v) is 2.48. The molecule has 0 unspecified atom stereocenters. The van der Waals surface area contributed by atoms with E-state index < -0.39 is 0 Å². The fourth-order valence-electron chi connectivity index (χ4n) is 2.36. The molecule has 4 rings (SSSR count). The van der Waals surface area contributed by atoms with Gasteiger partial charge in [-0.25, -0.2) is 4.68 Å². The molecule has 1 aromatic carbocycles. The van der Waals surface area contributed by atoms with Crippen LogP contribution in [-0.2, 0) is 11.3 Å². The van der Waals surface area contributed by atoms with E-state index in [0.29, 0.717) is 16.5 Å². The normalized spacial score (nSPS) is 13.6. The fraction of sp³-hybridized carbons (Fsp3) is 0.235. The second-order valence-electron chi connectivity index (χ2n) is 5.99. The molecule has 0 atom stereocenters. The maximum atomic E-state index is 11.9. The summed E-state index contributed by atoms with van der Waals surface area (Å²) in [4.78, 5) is 28.1. The van der Waals surface area contributed by atoms with Crippen LogP contribution in [0.4, 0.5) is 0 Å². The summed E-state index contributed by atoms with van der Waals surface area (Å²) < 4.78 is 6.32. The predicted molar refractivity (Wildman–Crippen MR) is 93.4 cm³/mol. The number of carbonyl (C=O) groups is 1. The van der Waals surface area contributed by atoms with Crippen LogP contribution in [0.15, 0.2) is 45.7 Å². The molecule has 1 amide bonds. The molecule has 1 saturated carbocycles. The van der Waals surface area contributed by atoms with E-state index in [4.69, 9.17) is 16.1 Å². The van der Waals surface area contributed by atoms with Crippen molar-refractivity contribution in [3.8, 4) is 23.0 Å². The number of hydrogen-bond donors (Lipinski definition) is 1. The van der Waals surface area contributed by atoms with E-state index in [1.54, 1.807) is 24.3 Å². The largest absolute Gasteiger partial charge is 0.352 e. The molecule has 0 radical (unpaired) electrons. The van der Waals surface area contributed by atoms with Crippen molar-refractivity contribution in [1.82, 2.24) is 25.2 Å². The van der Waals surface area contributed by atoms with Crippen molar-refractivity contribution in [3.05, 3.63) is 51.8 Å². The van der Waals surface area contributed by atoms with Gasteiger partial charge in [0.05, 0.1) is 0 Å². The van der Waals surface area contributed by atoms with E-state index in [2.05, 4.69) is 20.6 Å². The highest BCUT2D eigenvalue weighted by Gasteiger charge is 2.23. The number of nitrogens with one attached hydrogen (secondary N) is 1. The van der Waals surface area contributed by atoms with Gasteiger partial charge in [-0.05, 0) is 43.2 Å². The van der Waals surface area contributed by atoms with Crippen molar-refractivity contribution in [2.45, 2.75) is 25.4 Å². The number of carbonyl (C=O) groups excluding carboxylic acids is 1. The van der Waals surface area contributed by atoms with Gasteiger partial charge in [-0.3, -0.25) is 9.59 Å². The lowest BCUT2D eigenvalue weighted by Gasteiger charge is -2.05. The molecule has 132 valence electrons. The number of hydrogen-bond acceptors (Lipinski definition) is 6. The summed E-state index contributed by atoms with van der Waals surface area (Å²) in [5.41, 5.74) is 0.676. The first kappa shape index (κ1) is 16.5. The molecule has 0 spiro atoms. The smallest absolute Gasteiger partial charge is 0.278 e. The summed E-state index contributed by atoms with van der Waals surface area (Å²) in [7, 11) is 0. The van der Waals surface area contributed by atoms with Crippen LogP contribution in [-0.4, -0.2) is 31.9 Å². The first-order valence-electron chi connectivity index (χ1n) is 8.06. The highest BCUT2D eigenvalue weighted by atomic mass is 35.5. The van der Waals surface area contributed by atoms with Crippen LogP contribution in [0, 0.1) is 0 Å². The number of aromatic nitrogens is 4. The molecule has 9 heteroatoms. The molecule has 3 aromatic rings. The van der Waals surface area contributed by atoms with Crippen LogP contribution in [0.25, 0.3) is 23.0 Å². The molecule has 0 aliphatic heterocycles. The van der Waals surface area contributed by atoms with E-state index >= 15 is 0 Å². The van der Waals surface area contributed by atoms with Crippen molar-refractivity contribution in [1.29, 1.82) is 0 Å². The molecule has 2 aromatic heterocycles. The van der Waals surface area contributed by atoms with Gasteiger partial charge in [0, 0.05) is 22.7 Å². The summed E-state index contributed by atoms with van der Waals surface area (Å²) in [6.45, 7) is -0.151. The average Bonchev–Trinajstić information content (AvgIpc) is 3.30. The van der Waals surface area contributed by atoms with Gasteiger partial charge >= 0.3 is 0 Å². The molecule has 8 nitrogen and oxygen atoms in total. The highest BCUT2D eigenvalue weighted by molar-refractivity contribution is 6.30. The lowest BCUT2D eigenvalue weighted by molar-refractivity contribution is -0.122. The molecule has 1 fully saturated rings. The Kier molecular flexibility index (Phi) is 4.26. The minimum atomic E-state index is -0.378. The van der Waals surface area contributed by atoms with Gasteiger partial charge in [-0.15, -0.1) is 0 Å². The first-order chi connectivity index (χ1) is 12.6. The van der Waals surface area contributed by atoms with Gasteiger partial charge in [0.15, 0.2) is 0 Å². The highest BCUT2D eigenvalue weighted by Crippen LogP contribution is 2.22. The zero-order chi connectivity index (χ0) is 18.1. The third kappa shape index (κ3) is 3.65. The zero-order valence-electron chi connectivity index (χ0n) is 13.6. The van der Waals surface area contributed by atoms with Gasteiger partial charge in [0.2, 0.25) is 11.7 Å². The van der Waals surface area contributed by atoms with Crippen molar-refractivity contribution in [2.24, 2.45) is 0 Å². The first-order valence-corrected chi connectivity index (χ1v) is 8.44. The summed E-state index contributed by atoms with van der Waals surface area (Å²) in [6, 6.07) is 10.0. The lowest BCUT2D eigenvalue weighted by Crippen LogP contribution is -2.34. The Morgan fingerprint density at radius 1 is 1.23 bits per heavy atom. The zero-order valence-corrected chi connectivity index (χ0v) is 14.3. The van der Waals surface area contributed by atoms with E-state index in [1.807, 2.05) is 0 Å². The Morgan fingerprint density at radius 2 is 2.00 bits per heavy atom. The Labute approximate surface area is 152 Å². The van der Waals surface area contributed by atoms with Crippen LogP contribution in [0.5, 0.6) is 0 Å². The van der Waals surface area contributed by atoms with Crippen molar-refractivity contribution >= 4 is 17.5 Å². The van der Waals surface area contributed by atoms with E-state index in [9.17, 15) is 9.59 Å². The molecule has 0 saturated heterocycles. The molecule has 0 bridgehead atoms. The van der Waals surface area contributed by atoms with Crippen molar-refractivity contribution in [3.63, 3.8) is 0 Å². The molecular weight excluding hydrogens is 358 g/mol. The number of nitrogens with zero attached hydrogens (tertiary/aromatic N) is 4. The molecule has 1 aliphatic carbocycles. The summed E-state index contributed by atoms with van der Waals surface area (Å²) in [5.74, 6) is 0.292. The summed E-state index contributed by atoms with van der Waals surface area (Å²) in [6.07, 6.45) is 1.95.